The van der Waals surface area contributed by atoms with Crippen LogP contribution in [-0.2, 0) is 0 Å². The minimum atomic E-state index is -0.564. The molecule has 0 aliphatic heterocycles. The average molecular weight is 141 g/mol. The van der Waals surface area contributed by atoms with Crippen molar-refractivity contribution in [3.05, 3.63) is 24.2 Å². The van der Waals surface area contributed by atoms with Crippen LogP contribution < -0.4 is 5.73 Å². The van der Waals surface area contributed by atoms with Crippen LogP contribution in [-0.4, -0.2) is 11.2 Å². The van der Waals surface area contributed by atoms with Crippen LogP contribution in [0.4, 0.5) is 0 Å². The molecule has 0 spiro atoms. The number of aliphatic hydroxyl groups is 1. The van der Waals surface area contributed by atoms with Gasteiger partial charge in [-0.25, -0.2) is 0 Å². The lowest BCUT2D eigenvalue weighted by atomic mass is 10.1. The SMILES string of the molecule is C[C@H](O)[C@H](N)c1ccco1. The molecule has 1 heterocycles. The Balaban J connectivity index is 2.68. The van der Waals surface area contributed by atoms with E-state index in [-0.39, 0.29) is 0 Å². The number of aliphatic hydroxyl groups excluding tert-OH is 1. The van der Waals surface area contributed by atoms with Crippen LogP contribution in [0.1, 0.15) is 18.7 Å². The Labute approximate surface area is 59.5 Å². The summed E-state index contributed by atoms with van der Waals surface area (Å²) < 4.78 is 4.97. The van der Waals surface area contributed by atoms with E-state index in [4.69, 9.17) is 15.3 Å². The zero-order valence-electron chi connectivity index (χ0n) is 5.82. The molecule has 3 N–H and O–H groups in total. The zero-order chi connectivity index (χ0) is 7.56. The maximum Gasteiger partial charge on any atom is 0.123 e. The van der Waals surface area contributed by atoms with E-state index in [2.05, 4.69) is 0 Å². The smallest absolute Gasteiger partial charge is 0.123 e. The van der Waals surface area contributed by atoms with Gasteiger partial charge in [-0.1, -0.05) is 0 Å². The number of rotatable bonds is 2. The molecule has 1 rings (SSSR count). The van der Waals surface area contributed by atoms with Crippen LogP contribution in [0.5, 0.6) is 0 Å². The molecule has 0 aliphatic rings. The molecule has 0 radical (unpaired) electrons. The number of nitrogens with two attached hydrogens (primary N) is 1. The Morgan fingerprint density at radius 3 is 2.80 bits per heavy atom. The summed E-state index contributed by atoms with van der Waals surface area (Å²) in [6.07, 6.45) is 0.976. The van der Waals surface area contributed by atoms with E-state index in [1.54, 1.807) is 19.1 Å². The molecule has 0 fully saturated rings. The van der Waals surface area contributed by atoms with Gasteiger partial charge in [-0.2, -0.15) is 0 Å². The van der Waals surface area contributed by atoms with E-state index >= 15 is 0 Å². The molecule has 10 heavy (non-hydrogen) atoms. The maximum absolute atomic E-state index is 9.01. The first-order chi connectivity index (χ1) is 4.72. The van der Waals surface area contributed by atoms with Gasteiger partial charge in [-0.3, -0.25) is 0 Å². The predicted molar refractivity (Wildman–Crippen MR) is 37.3 cm³/mol. The fraction of sp³-hybridized carbons (Fsp3) is 0.429. The van der Waals surface area contributed by atoms with E-state index in [0.29, 0.717) is 5.76 Å². The second kappa shape index (κ2) is 2.86. The Morgan fingerprint density at radius 1 is 1.70 bits per heavy atom. The van der Waals surface area contributed by atoms with Crippen molar-refractivity contribution in [1.29, 1.82) is 0 Å². The maximum atomic E-state index is 9.01. The van der Waals surface area contributed by atoms with Crippen molar-refractivity contribution < 1.29 is 9.52 Å². The van der Waals surface area contributed by atoms with Crippen molar-refractivity contribution >= 4 is 0 Å². The number of hydrogen-bond acceptors (Lipinski definition) is 3. The number of furan rings is 1. The molecule has 0 saturated carbocycles. The summed E-state index contributed by atoms with van der Waals surface area (Å²) in [6.45, 7) is 1.63. The molecule has 1 aromatic rings. The number of hydrogen-bond donors (Lipinski definition) is 2. The summed E-state index contributed by atoms with van der Waals surface area (Å²) in [6, 6.07) is 3.09. The van der Waals surface area contributed by atoms with Crippen LogP contribution in [0.25, 0.3) is 0 Å². The lowest BCUT2D eigenvalue weighted by molar-refractivity contribution is 0.153. The van der Waals surface area contributed by atoms with Gasteiger partial charge in [0.1, 0.15) is 5.76 Å². The first-order valence-electron chi connectivity index (χ1n) is 3.19. The predicted octanol–water partition coefficient (Wildman–Crippen LogP) is 0.660. The van der Waals surface area contributed by atoms with Crippen LogP contribution in [0, 0.1) is 0 Å². The standard InChI is InChI=1S/C7H11NO2/c1-5(9)7(8)6-3-2-4-10-6/h2-5,7,9H,8H2,1H3/t5-,7-/m0/s1. The molecule has 3 heteroatoms. The second-order valence-corrected chi connectivity index (χ2v) is 2.28. The third-order valence-electron chi connectivity index (χ3n) is 1.39. The van der Waals surface area contributed by atoms with Crippen LogP contribution in [0.15, 0.2) is 22.8 Å². The largest absolute Gasteiger partial charge is 0.468 e. The van der Waals surface area contributed by atoms with E-state index in [9.17, 15) is 0 Å². The summed E-state index contributed by atoms with van der Waals surface area (Å²) in [5.41, 5.74) is 5.54. The topological polar surface area (TPSA) is 59.4 Å². The molecule has 56 valence electrons. The van der Waals surface area contributed by atoms with Crippen molar-refractivity contribution in [1.82, 2.24) is 0 Å². The average Bonchev–Trinajstić information content (AvgIpc) is 2.36. The summed E-state index contributed by atoms with van der Waals surface area (Å²) in [7, 11) is 0. The molecule has 0 saturated heterocycles. The highest BCUT2D eigenvalue weighted by atomic mass is 16.3. The second-order valence-electron chi connectivity index (χ2n) is 2.28. The van der Waals surface area contributed by atoms with Crippen molar-refractivity contribution in [2.45, 2.75) is 19.1 Å². The Kier molecular flexibility index (Phi) is 2.09. The molecule has 0 amide bonds. The molecule has 0 aromatic carbocycles. The highest BCUT2D eigenvalue weighted by Gasteiger charge is 2.13. The van der Waals surface area contributed by atoms with Crippen molar-refractivity contribution in [2.75, 3.05) is 0 Å². The summed E-state index contributed by atoms with van der Waals surface area (Å²) in [5, 5.41) is 9.01. The third kappa shape index (κ3) is 1.37. The zero-order valence-corrected chi connectivity index (χ0v) is 5.82. The van der Waals surface area contributed by atoms with Crippen molar-refractivity contribution in [3.63, 3.8) is 0 Å². The van der Waals surface area contributed by atoms with Crippen molar-refractivity contribution in [3.8, 4) is 0 Å². The molecule has 0 aliphatic carbocycles. The molecule has 3 nitrogen and oxygen atoms in total. The lowest BCUT2D eigenvalue weighted by Crippen LogP contribution is -2.22. The Morgan fingerprint density at radius 2 is 2.40 bits per heavy atom. The van der Waals surface area contributed by atoms with E-state index in [1.165, 1.54) is 6.26 Å². The van der Waals surface area contributed by atoms with Gasteiger partial charge in [-0.05, 0) is 19.1 Å². The molecule has 0 bridgehead atoms. The minimum Gasteiger partial charge on any atom is -0.468 e. The van der Waals surface area contributed by atoms with Crippen LogP contribution in [0.2, 0.25) is 0 Å². The van der Waals surface area contributed by atoms with Crippen LogP contribution >= 0.6 is 0 Å². The quantitative estimate of drug-likeness (QED) is 0.636. The highest BCUT2D eigenvalue weighted by molar-refractivity contribution is 5.04. The molecule has 2 atom stereocenters. The molecule has 0 unspecified atom stereocenters. The Bertz CT molecular complexity index is 181. The van der Waals surface area contributed by atoms with Gasteiger partial charge in [-0.15, -0.1) is 0 Å². The van der Waals surface area contributed by atoms with Crippen molar-refractivity contribution in [2.24, 2.45) is 5.73 Å². The van der Waals surface area contributed by atoms with E-state index in [0.717, 1.165) is 0 Å². The van der Waals surface area contributed by atoms with Gasteiger partial charge in [0.15, 0.2) is 0 Å². The first kappa shape index (κ1) is 7.31. The van der Waals surface area contributed by atoms with E-state index in [1.807, 2.05) is 0 Å². The normalized spacial score (nSPS) is 16.7. The van der Waals surface area contributed by atoms with Gasteiger partial charge in [0, 0.05) is 0 Å². The molecular formula is C7H11NO2. The van der Waals surface area contributed by atoms with Gasteiger partial charge >= 0.3 is 0 Å². The fourth-order valence-corrected chi connectivity index (χ4v) is 0.719. The summed E-state index contributed by atoms with van der Waals surface area (Å²) in [5.74, 6) is 0.620. The highest BCUT2D eigenvalue weighted by Crippen LogP contribution is 2.13. The fourth-order valence-electron chi connectivity index (χ4n) is 0.719. The van der Waals surface area contributed by atoms with Gasteiger partial charge in [0.25, 0.3) is 0 Å². The summed E-state index contributed by atoms with van der Waals surface area (Å²) in [4.78, 5) is 0. The van der Waals surface area contributed by atoms with Gasteiger partial charge < -0.3 is 15.3 Å². The monoisotopic (exact) mass is 141 g/mol. The summed E-state index contributed by atoms with van der Waals surface area (Å²) >= 11 is 0. The van der Waals surface area contributed by atoms with Crippen LogP contribution in [0.3, 0.4) is 0 Å². The lowest BCUT2D eigenvalue weighted by Gasteiger charge is -2.10. The molecule has 1 aromatic heterocycles. The Hall–Kier alpha value is -0.800. The van der Waals surface area contributed by atoms with Gasteiger partial charge in [0.2, 0.25) is 0 Å². The minimum absolute atomic E-state index is 0.407. The molecular weight excluding hydrogens is 130 g/mol. The van der Waals surface area contributed by atoms with E-state index < -0.39 is 12.1 Å². The first-order valence-corrected chi connectivity index (χ1v) is 3.19. The third-order valence-corrected chi connectivity index (χ3v) is 1.39. The van der Waals surface area contributed by atoms with Gasteiger partial charge in [0.05, 0.1) is 18.4 Å².